The molecule has 1 aromatic heterocycles. The number of likely N-dealkylation sites (N-methyl/N-ethyl adjacent to an activating group) is 1. The number of hydrogen-bond donors (Lipinski definition) is 0. The van der Waals surface area contributed by atoms with E-state index in [1.165, 1.54) is 23.1 Å². The summed E-state index contributed by atoms with van der Waals surface area (Å²) in [4.78, 5) is 19.0. The zero-order valence-corrected chi connectivity index (χ0v) is 20.2. The van der Waals surface area contributed by atoms with Crippen molar-refractivity contribution in [2.45, 2.75) is 71.4 Å². The third-order valence-corrected chi connectivity index (χ3v) is 6.23. The van der Waals surface area contributed by atoms with Crippen LogP contribution < -0.4 is 4.74 Å². The molecule has 0 N–H and O–H groups in total. The molecule has 33 heavy (non-hydrogen) atoms. The Balaban J connectivity index is 1.39. The maximum absolute atomic E-state index is 12.9. The first-order valence-corrected chi connectivity index (χ1v) is 11.7. The molecule has 2 aromatic carbocycles. The average Bonchev–Trinajstić information content (AvgIpc) is 3.26. The first kappa shape index (κ1) is 23.0. The Morgan fingerprint density at radius 1 is 1.12 bits per heavy atom. The van der Waals surface area contributed by atoms with Gasteiger partial charge in [0.2, 0.25) is 11.7 Å². The van der Waals surface area contributed by atoms with Gasteiger partial charge in [-0.15, -0.1) is 0 Å². The molecule has 0 aliphatic heterocycles. The van der Waals surface area contributed by atoms with Crippen molar-refractivity contribution in [1.82, 2.24) is 15.0 Å². The minimum absolute atomic E-state index is 0.0851. The molecule has 1 aliphatic rings. The Bertz CT molecular complexity index is 1110. The summed E-state index contributed by atoms with van der Waals surface area (Å²) >= 11 is 0. The van der Waals surface area contributed by atoms with Crippen LogP contribution in [-0.2, 0) is 29.6 Å². The molecule has 0 fully saturated rings. The van der Waals surface area contributed by atoms with Crippen LogP contribution in [0.2, 0.25) is 0 Å². The number of aromatic nitrogens is 2. The minimum atomic E-state index is -0.601. The second-order valence-corrected chi connectivity index (χ2v) is 9.89. The Morgan fingerprint density at radius 2 is 1.85 bits per heavy atom. The van der Waals surface area contributed by atoms with Crippen LogP contribution in [0.15, 0.2) is 47.0 Å². The lowest BCUT2D eigenvalue weighted by molar-refractivity contribution is -0.137. The largest absolute Gasteiger partial charge is 0.481 e. The summed E-state index contributed by atoms with van der Waals surface area (Å²) in [6.07, 6.45) is 3.85. The second kappa shape index (κ2) is 9.38. The summed E-state index contributed by atoms with van der Waals surface area (Å²) in [7, 11) is 1.73. The van der Waals surface area contributed by atoms with Crippen LogP contribution in [0.1, 0.15) is 63.1 Å². The van der Waals surface area contributed by atoms with E-state index in [4.69, 9.17) is 9.26 Å². The van der Waals surface area contributed by atoms with E-state index < -0.39 is 6.10 Å². The molecule has 1 atom stereocenters. The van der Waals surface area contributed by atoms with Crippen LogP contribution in [-0.4, -0.2) is 34.1 Å². The van der Waals surface area contributed by atoms with Gasteiger partial charge in [-0.1, -0.05) is 62.3 Å². The first-order chi connectivity index (χ1) is 15.7. The maximum Gasteiger partial charge on any atom is 0.263 e. The molecule has 1 aliphatic carbocycles. The summed E-state index contributed by atoms with van der Waals surface area (Å²) in [5, 5.41) is 4.10. The van der Waals surface area contributed by atoms with Crippen molar-refractivity contribution in [1.29, 1.82) is 0 Å². The minimum Gasteiger partial charge on any atom is -0.481 e. The summed E-state index contributed by atoms with van der Waals surface area (Å²) in [6, 6.07) is 14.3. The van der Waals surface area contributed by atoms with Crippen LogP contribution in [0.3, 0.4) is 0 Å². The average molecular weight is 448 g/mol. The van der Waals surface area contributed by atoms with E-state index >= 15 is 0 Å². The molecule has 0 saturated heterocycles. The molecular formula is C27H33N3O3. The van der Waals surface area contributed by atoms with Crippen molar-refractivity contribution in [3.8, 4) is 17.1 Å². The molecule has 0 bridgehead atoms. The van der Waals surface area contributed by atoms with Crippen molar-refractivity contribution >= 4 is 5.91 Å². The number of hydrogen-bond acceptors (Lipinski definition) is 5. The predicted octanol–water partition coefficient (Wildman–Crippen LogP) is 5.34. The van der Waals surface area contributed by atoms with Crippen LogP contribution in [0, 0.1) is 0 Å². The highest BCUT2D eigenvalue weighted by Crippen LogP contribution is 2.30. The molecule has 3 aromatic rings. The number of rotatable bonds is 6. The number of benzene rings is 2. The molecule has 4 rings (SSSR count). The summed E-state index contributed by atoms with van der Waals surface area (Å²) in [6.45, 7) is 8.55. The van der Waals surface area contributed by atoms with Crippen LogP contribution in [0.4, 0.5) is 0 Å². The molecule has 1 heterocycles. The second-order valence-electron chi connectivity index (χ2n) is 9.89. The number of amides is 1. The van der Waals surface area contributed by atoms with Crippen molar-refractivity contribution in [2.24, 2.45) is 0 Å². The van der Waals surface area contributed by atoms with Crippen molar-refractivity contribution in [3.05, 3.63) is 65.0 Å². The zero-order valence-electron chi connectivity index (χ0n) is 20.2. The smallest absolute Gasteiger partial charge is 0.263 e. The quantitative estimate of drug-likeness (QED) is 0.510. The van der Waals surface area contributed by atoms with Gasteiger partial charge in [0, 0.05) is 12.6 Å². The SMILES string of the molecule is C[C@H](Oc1cccc2c1CCCC2)C(=O)N(C)Cc1nc(-c2ccc(C(C)(C)C)cc2)no1. The van der Waals surface area contributed by atoms with Gasteiger partial charge in [0.05, 0.1) is 6.54 Å². The third-order valence-electron chi connectivity index (χ3n) is 6.23. The number of carbonyl (C=O) groups is 1. The Kier molecular flexibility index (Phi) is 6.54. The van der Waals surface area contributed by atoms with Gasteiger partial charge in [-0.05, 0) is 60.8 Å². The van der Waals surface area contributed by atoms with Crippen molar-refractivity contribution in [2.75, 3.05) is 7.05 Å². The van der Waals surface area contributed by atoms with Gasteiger partial charge in [-0.2, -0.15) is 4.98 Å². The Labute approximate surface area is 196 Å². The van der Waals surface area contributed by atoms with Gasteiger partial charge in [-0.3, -0.25) is 4.79 Å². The van der Waals surface area contributed by atoms with E-state index in [0.29, 0.717) is 11.7 Å². The number of ether oxygens (including phenoxy) is 1. The van der Waals surface area contributed by atoms with E-state index in [2.05, 4.69) is 49.1 Å². The van der Waals surface area contributed by atoms with E-state index in [0.717, 1.165) is 30.6 Å². The van der Waals surface area contributed by atoms with E-state index in [1.54, 1.807) is 18.9 Å². The highest BCUT2D eigenvalue weighted by Gasteiger charge is 2.24. The highest BCUT2D eigenvalue weighted by atomic mass is 16.5. The lowest BCUT2D eigenvalue weighted by Crippen LogP contribution is -2.37. The Hall–Kier alpha value is -3.15. The molecule has 1 amide bonds. The first-order valence-electron chi connectivity index (χ1n) is 11.7. The van der Waals surface area contributed by atoms with Crippen LogP contribution >= 0.6 is 0 Å². The molecule has 0 spiro atoms. The normalized spacial score (nSPS) is 14.5. The maximum atomic E-state index is 12.9. The lowest BCUT2D eigenvalue weighted by Gasteiger charge is -2.24. The van der Waals surface area contributed by atoms with Crippen molar-refractivity contribution in [3.63, 3.8) is 0 Å². The standard InChI is InChI=1S/C27H33N3O3/c1-18(32-23-12-8-10-19-9-6-7-11-22(19)23)26(31)30(5)17-24-28-25(29-33-24)20-13-15-21(16-14-20)27(2,3)4/h8,10,12-16,18H,6-7,9,11,17H2,1-5H3/t18-/m0/s1. The molecule has 6 nitrogen and oxygen atoms in total. The predicted molar refractivity (Wildman–Crippen MR) is 128 cm³/mol. The summed E-state index contributed by atoms with van der Waals surface area (Å²) in [5.74, 6) is 1.61. The molecule has 174 valence electrons. The number of aryl methyl sites for hydroxylation is 1. The Morgan fingerprint density at radius 3 is 2.58 bits per heavy atom. The van der Waals surface area contributed by atoms with Crippen LogP contribution in [0.5, 0.6) is 5.75 Å². The fourth-order valence-electron chi connectivity index (χ4n) is 4.24. The zero-order chi connectivity index (χ0) is 23.6. The monoisotopic (exact) mass is 447 g/mol. The van der Waals surface area contributed by atoms with Crippen LogP contribution in [0.25, 0.3) is 11.4 Å². The number of carbonyl (C=O) groups excluding carboxylic acids is 1. The van der Waals surface area contributed by atoms with E-state index in [9.17, 15) is 4.79 Å². The molecular weight excluding hydrogens is 414 g/mol. The molecule has 0 unspecified atom stereocenters. The van der Waals surface area contributed by atoms with Gasteiger partial charge in [0.1, 0.15) is 5.75 Å². The van der Waals surface area contributed by atoms with Gasteiger partial charge >= 0.3 is 0 Å². The topological polar surface area (TPSA) is 68.5 Å². The van der Waals surface area contributed by atoms with Gasteiger partial charge in [0.25, 0.3) is 5.91 Å². The number of nitrogens with zero attached hydrogens (tertiary/aromatic N) is 3. The van der Waals surface area contributed by atoms with Crippen molar-refractivity contribution < 1.29 is 14.1 Å². The molecule has 0 saturated carbocycles. The molecule has 0 radical (unpaired) electrons. The van der Waals surface area contributed by atoms with Gasteiger partial charge < -0.3 is 14.2 Å². The summed E-state index contributed by atoms with van der Waals surface area (Å²) in [5.41, 5.74) is 4.79. The fourth-order valence-corrected chi connectivity index (χ4v) is 4.24. The highest BCUT2D eigenvalue weighted by molar-refractivity contribution is 5.80. The fraction of sp³-hybridized carbons (Fsp3) is 0.444. The van der Waals surface area contributed by atoms with E-state index in [1.807, 2.05) is 24.3 Å². The number of fused-ring (bicyclic) bond motifs is 1. The summed E-state index contributed by atoms with van der Waals surface area (Å²) < 4.78 is 11.5. The third kappa shape index (κ3) is 5.27. The van der Waals surface area contributed by atoms with Gasteiger partial charge in [-0.25, -0.2) is 0 Å². The lowest BCUT2D eigenvalue weighted by atomic mass is 9.87. The van der Waals surface area contributed by atoms with E-state index in [-0.39, 0.29) is 17.9 Å². The molecule has 6 heteroatoms. The van der Waals surface area contributed by atoms with Gasteiger partial charge in [0.15, 0.2) is 6.10 Å².